The van der Waals surface area contributed by atoms with E-state index in [0.29, 0.717) is 13.1 Å². The quantitative estimate of drug-likeness (QED) is 0.524. The molecule has 7 heteroatoms. The van der Waals surface area contributed by atoms with E-state index >= 15 is 0 Å². The molecule has 29 heavy (non-hydrogen) atoms. The molecule has 2 aromatic heterocycles. The zero-order valence-electron chi connectivity index (χ0n) is 16.5. The van der Waals surface area contributed by atoms with Crippen molar-refractivity contribution in [1.82, 2.24) is 20.0 Å². The maximum Gasteiger partial charge on any atom is 0.318 e. The number of carbonyl (C=O) groups is 1. The summed E-state index contributed by atoms with van der Waals surface area (Å²) < 4.78 is 3.18. The maximum absolute atomic E-state index is 12.9. The fraction of sp³-hybridized carbons (Fsp3) is 0.364. The molecule has 0 saturated heterocycles. The summed E-state index contributed by atoms with van der Waals surface area (Å²) in [6.07, 6.45) is 4.96. The molecular formula is C22H25BrN4OS. The van der Waals surface area contributed by atoms with Crippen LogP contribution in [0.2, 0.25) is 0 Å². The van der Waals surface area contributed by atoms with Gasteiger partial charge in [0.05, 0.1) is 29.1 Å². The maximum atomic E-state index is 12.9. The van der Waals surface area contributed by atoms with Crippen LogP contribution in [0.4, 0.5) is 4.79 Å². The van der Waals surface area contributed by atoms with Crippen molar-refractivity contribution >= 4 is 33.3 Å². The molecule has 0 radical (unpaired) electrons. The second kappa shape index (κ2) is 9.13. The largest absolute Gasteiger partial charge is 0.331 e. The molecule has 3 aromatic rings. The number of nitrogens with one attached hydrogen (secondary N) is 1. The van der Waals surface area contributed by atoms with Gasteiger partial charge in [0.15, 0.2) is 0 Å². The molecule has 1 aliphatic rings. The first kappa shape index (κ1) is 20.2. The van der Waals surface area contributed by atoms with Gasteiger partial charge >= 0.3 is 6.03 Å². The van der Waals surface area contributed by atoms with Gasteiger partial charge in [0.1, 0.15) is 0 Å². The van der Waals surface area contributed by atoms with Crippen molar-refractivity contribution in [1.29, 1.82) is 0 Å². The number of hydrogen-bond acceptors (Lipinski definition) is 3. The Kier molecular flexibility index (Phi) is 6.35. The average molecular weight is 473 g/mol. The van der Waals surface area contributed by atoms with E-state index < -0.39 is 0 Å². The van der Waals surface area contributed by atoms with E-state index in [1.807, 2.05) is 30.2 Å². The number of amides is 2. The topological polar surface area (TPSA) is 50.2 Å². The standard InChI is InChI=1S/C22H25BrN4OS/c1-2-26(15-17-11-12-21(23)29-17)22(28)25-19-9-6-10-20-18(19)13-24-27(20)14-16-7-4-3-5-8-16/h3-5,7-8,11-13,19H,2,6,9-10,14-15H2,1H3,(H,25,28). The lowest BCUT2D eigenvalue weighted by Crippen LogP contribution is -2.41. The number of nitrogens with zero attached hydrogens (tertiary/aromatic N) is 3. The minimum absolute atomic E-state index is 0.00863. The van der Waals surface area contributed by atoms with Crippen molar-refractivity contribution in [2.45, 2.75) is 45.3 Å². The van der Waals surface area contributed by atoms with Crippen LogP contribution in [0.5, 0.6) is 0 Å². The van der Waals surface area contributed by atoms with Gasteiger partial charge in [-0.25, -0.2) is 4.79 Å². The van der Waals surface area contributed by atoms with Crippen LogP contribution in [0.3, 0.4) is 0 Å². The van der Waals surface area contributed by atoms with Crippen molar-refractivity contribution in [3.8, 4) is 0 Å². The Morgan fingerprint density at radius 3 is 2.86 bits per heavy atom. The first-order valence-corrected chi connectivity index (χ1v) is 11.6. The Morgan fingerprint density at radius 2 is 2.14 bits per heavy atom. The molecule has 0 spiro atoms. The second-order valence-corrected chi connectivity index (χ2v) is 9.85. The van der Waals surface area contributed by atoms with E-state index in [2.05, 4.69) is 61.4 Å². The first-order chi connectivity index (χ1) is 14.1. The second-order valence-electron chi connectivity index (χ2n) is 7.30. The molecule has 2 heterocycles. The summed E-state index contributed by atoms with van der Waals surface area (Å²) in [6.45, 7) is 4.09. The molecule has 0 aliphatic heterocycles. The lowest BCUT2D eigenvalue weighted by atomic mass is 9.93. The average Bonchev–Trinajstić information content (AvgIpc) is 3.33. The van der Waals surface area contributed by atoms with Gasteiger partial charge in [-0.3, -0.25) is 4.68 Å². The van der Waals surface area contributed by atoms with Crippen molar-refractivity contribution in [3.05, 3.63) is 74.1 Å². The van der Waals surface area contributed by atoms with Crippen LogP contribution in [0.1, 0.15) is 47.5 Å². The van der Waals surface area contributed by atoms with E-state index in [9.17, 15) is 4.79 Å². The number of hydrogen-bond donors (Lipinski definition) is 1. The molecule has 2 amide bonds. The summed E-state index contributed by atoms with van der Waals surface area (Å²) in [5.74, 6) is 0. The summed E-state index contributed by atoms with van der Waals surface area (Å²) in [5, 5.41) is 7.89. The molecule has 4 rings (SSSR count). The summed E-state index contributed by atoms with van der Waals surface area (Å²) in [6, 6.07) is 14.5. The van der Waals surface area contributed by atoms with Crippen LogP contribution in [-0.2, 0) is 19.5 Å². The summed E-state index contributed by atoms with van der Waals surface area (Å²) in [5.41, 5.74) is 3.65. The number of rotatable bonds is 6. The number of thiophene rings is 1. The molecule has 0 bridgehead atoms. The Hall–Kier alpha value is -2.12. The smallest absolute Gasteiger partial charge is 0.318 e. The first-order valence-electron chi connectivity index (χ1n) is 10.0. The third-order valence-corrected chi connectivity index (χ3v) is 6.99. The third kappa shape index (κ3) is 4.73. The summed E-state index contributed by atoms with van der Waals surface area (Å²) in [4.78, 5) is 16.0. The molecule has 1 N–H and O–H groups in total. The number of aromatic nitrogens is 2. The predicted octanol–water partition coefficient (Wildman–Crippen LogP) is 5.36. The van der Waals surface area contributed by atoms with Gasteiger partial charge in [0, 0.05) is 22.7 Å². The van der Waals surface area contributed by atoms with E-state index in [-0.39, 0.29) is 12.1 Å². The molecule has 152 valence electrons. The summed E-state index contributed by atoms with van der Waals surface area (Å²) in [7, 11) is 0. The Bertz CT molecular complexity index is 968. The zero-order valence-corrected chi connectivity index (χ0v) is 18.9. The number of fused-ring (bicyclic) bond motifs is 1. The highest BCUT2D eigenvalue weighted by molar-refractivity contribution is 9.11. The molecule has 0 fully saturated rings. The summed E-state index contributed by atoms with van der Waals surface area (Å²) >= 11 is 5.16. The van der Waals surface area contributed by atoms with Crippen LogP contribution in [-0.4, -0.2) is 27.3 Å². The Morgan fingerprint density at radius 1 is 1.31 bits per heavy atom. The van der Waals surface area contributed by atoms with Crippen molar-refractivity contribution in [2.75, 3.05) is 6.54 Å². The highest BCUT2D eigenvalue weighted by Gasteiger charge is 2.27. The molecule has 1 unspecified atom stereocenters. The van der Waals surface area contributed by atoms with E-state index in [1.54, 1.807) is 11.3 Å². The van der Waals surface area contributed by atoms with Crippen LogP contribution >= 0.6 is 27.3 Å². The fourth-order valence-electron chi connectivity index (χ4n) is 3.85. The molecule has 1 atom stereocenters. The fourth-order valence-corrected chi connectivity index (χ4v) is 5.35. The van der Waals surface area contributed by atoms with Gasteiger partial charge < -0.3 is 10.2 Å². The lowest BCUT2D eigenvalue weighted by molar-refractivity contribution is 0.193. The van der Waals surface area contributed by atoms with E-state index in [4.69, 9.17) is 0 Å². The molecule has 0 saturated carbocycles. The number of urea groups is 1. The Labute approximate surface area is 183 Å². The van der Waals surface area contributed by atoms with Crippen LogP contribution in [0, 0.1) is 0 Å². The van der Waals surface area contributed by atoms with Gasteiger partial charge in [0.25, 0.3) is 0 Å². The van der Waals surface area contributed by atoms with Gasteiger partial charge in [-0.15, -0.1) is 11.3 Å². The zero-order chi connectivity index (χ0) is 20.2. The predicted molar refractivity (Wildman–Crippen MR) is 120 cm³/mol. The normalized spacial score (nSPS) is 15.7. The van der Waals surface area contributed by atoms with Crippen LogP contribution in [0.25, 0.3) is 0 Å². The highest BCUT2D eigenvalue weighted by Crippen LogP contribution is 2.30. The van der Waals surface area contributed by atoms with Crippen molar-refractivity contribution in [3.63, 3.8) is 0 Å². The highest BCUT2D eigenvalue weighted by atomic mass is 79.9. The number of halogens is 1. The third-order valence-electron chi connectivity index (χ3n) is 5.38. The Balaban J connectivity index is 1.45. The van der Waals surface area contributed by atoms with Crippen molar-refractivity contribution < 1.29 is 4.79 Å². The molecule has 5 nitrogen and oxygen atoms in total. The van der Waals surface area contributed by atoms with Crippen molar-refractivity contribution in [2.24, 2.45) is 0 Å². The monoisotopic (exact) mass is 472 g/mol. The number of benzene rings is 1. The van der Waals surface area contributed by atoms with Crippen LogP contribution in [0.15, 0.2) is 52.4 Å². The number of carbonyl (C=O) groups excluding carboxylic acids is 1. The molecule has 1 aromatic carbocycles. The van der Waals surface area contributed by atoms with Gasteiger partial charge in [-0.05, 0) is 59.8 Å². The van der Waals surface area contributed by atoms with Gasteiger partial charge in [-0.2, -0.15) is 5.10 Å². The molecular weight excluding hydrogens is 448 g/mol. The van der Waals surface area contributed by atoms with E-state index in [1.165, 1.54) is 16.1 Å². The minimum Gasteiger partial charge on any atom is -0.331 e. The minimum atomic E-state index is -0.00863. The SMILES string of the molecule is CCN(Cc1ccc(Br)s1)C(=O)NC1CCCc2c1cnn2Cc1ccccc1. The van der Waals surface area contributed by atoms with Gasteiger partial charge in [-0.1, -0.05) is 30.3 Å². The van der Waals surface area contributed by atoms with Gasteiger partial charge in [0.2, 0.25) is 0 Å². The van der Waals surface area contributed by atoms with Crippen LogP contribution < -0.4 is 5.32 Å². The van der Waals surface area contributed by atoms with E-state index in [0.717, 1.165) is 35.2 Å². The lowest BCUT2D eigenvalue weighted by Gasteiger charge is -2.28. The molecule has 1 aliphatic carbocycles.